The fourth-order valence-corrected chi connectivity index (χ4v) is 4.79. The van der Waals surface area contributed by atoms with Gasteiger partial charge in [-0.1, -0.05) is 0 Å². The fraction of sp³-hybridized carbons (Fsp3) is 0.941. The first-order valence-corrected chi connectivity index (χ1v) is 8.91. The molecule has 0 aromatic rings. The third-order valence-corrected chi connectivity index (χ3v) is 6.12. The van der Waals surface area contributed by atoms with Crippen molar-refractivity contribution in [3.8, 4) is 0 Å². The Morgan fingerprint density at radius 2 is 1.86 bits per heavy atom. The monoisotopic (exact) mass is 295 g/mol. The average Bonchev–Trinajstić information content (AvgIpc) is 2.52. The number of ether oxygens (including phenoxy) is 1. The van der Waals surface area contributed by atoms with Crippen LogP contribution in [0.3, 0.4) is 0 Å². The van der Waals surface area contributed by atoms with Gasteiger partial charge in [0.25, 0.3) is 0 Å². The number of piperidine rings is 3. The molecule has 21 heavy (non-hydrogen) atoms. The number of fused-ring (bicyclic) bond motifs is 1. The van der Waals surface area contributed by atoms with E-state index in [2.05, 4.69) is 12.4 Å². The van der Waals surface area contributed by atoms with Crippen molar-refractivity contribution in [1.82, 2.24) is 5.32 Å². The van der Waals surface area contributed by atoms with E-state index < -0.39 is 0 Å². The molecule has 4 heteroatoms. The van der Waals surface area contributed by atoms with Crippen molar-refractivity contribution in [3.63, 3.8) is 0 Å². The number of hydrogen-bond acceptors (Lipinski definition) is 3. The first-order chi connectivity index (χ1) is 10.2. The Balaban J connectivity index is 1.53. The molecule has 3 fully saturated rings. The van der Waals surface area contributed by atoms with E-state index in [4.69, 9.17) is 4.74 Å². The predicted octanol–water partition coefficient (Wildman–Crippen LogP) is 1.94. The summed E-state index contributed by atoms with van der Waals surface area (Å²) in [5, 5.41) is 3.31. The van der Waals surface area contributed by atoms with Gasteiger partial charge in [-0.15, -0.1) is 0 Å². The number of carbonyl (C=O) groups excluding carboxylic acids is 1. The molecule has 0 radical (unpaired) electrons. The van der Waals surface area contributed by atoms with Crippen molar-refractivity contribution in [2.24, 2.45) is 11.8 Å². The molecule has 0 spiro atoms. The quantitative estimate of drug-likeness (QED) is 0.639. The molecule has 1 N–H and O–H groups in total. The molecule has 3 heterocycles. The smallest absolute Gasteiger partial charge is 0.309 e. The highest BCUT2D eigenvalue weighted by molar-refractivity contribution is 5.72. The summed E-state index contributed by atoms with van der Waals surface area (Å²) in [6.07, 6.45) is 8.49. The Labute approximate surface area is 128 Å². The summed E-state index contributed by atoms with van der Waals surface area (Å²) in [6, 6.07) is 0.730. The second kappa shape index (κ2) is 6.66. The van der Waals surface area contributed by atoms with E-state index in [9.17, 15) is 4.79 Å². The molecule has 0 saturated carbocycles. The number of quaternary nitrogens is 1. The lowest BCUT2D eigenvalue weighted by Gasteiger charge is -2.51. The van der Waals surface area contributed by atoms with E-state index in [0.717, 1.165) is 32.0 Å². The van der Waals surface area contributed by atoms with Crippen molar-refractivity contribution in [2.45, 2.75) is 51.0 Å². The molecule has 0 aromatic heterocycles. The Hall–Kier alpha value is -0.610. The normalized spacial score (nSPS) is 37.8. The van der Waals surface area contributed by atoms with Crippen LogP contribution in [0.5, 0.6) is 0 Å². The largest absolute Gasteiger partial charge is 0.465 e. The van der Waals surface area contributed by atoms with Gasteiger partial charge in [0.1, 0.15) is 0 Å². The standard InChI is InChI=1S/C17H31N2O2/c1-19-11-3-2-6-16(19)15(5-4-12-19)13-21-17(20)14-7-9-18-10-8-14/h14-16,18H,2-13H2,1H3/q+1/t15-,16-,19-/m1/s1. The average molecular weight is 295 g/mol. The van der Waals surface area contributed by atoms with Gasteiger partial charge in [-0.05, 0) is 51.6 Å². The topological polar surface area (TPSA) is 38.3 Å². The van der Waals surface area contributed by atoms with Gasteiger partial charge in [-0.3, -0.25) is 4.79 Å². The molecule has 120 valence electrons. The molecule has 0 aromatic carbocycles. The highest BCUT2D eigenvalue weighted by Crippen LogP contribution is 2.36. The van der Waals surface area contributed by atoms with Crippen LogP contribution in [0.4, 0.5) is 0 Å². The van der Waals surface area contributed by atoms with Crippen LogP contribution in [0.1, 0.15) is 44.9 Å². The fourth-order valence-electron chi connectivity index (χ4n) is 4.79. The maximum absolute atomic E-state index is 12.2. The van der Waals surface area contributed by atoms with Crippen LogP contribution in [0, 0.1) is 11.8 Å². The molecule has 3 atom stereocenters. The summed E-state index contributed by atoms with van der Waals surface area (Å²) in [5.41, 5.74) is 0. The summed E-state index contributed by atoms with van der Waals surface area (Å²) in [5.74, 6) is 0.795. The summed E-state index contributed by atoms with van der Waals surface area (Å²) in [7, 11) is 2.42. The Morgan fingerprint density at radius 3 is 2.67 bits per heavy atom. The van der Waals surface area contributed by atoms with E-state index in [1.807, 2.05) is 0 Å². The highest BCUT2D eigenvalue weighted by atomic mass is 16.5. The van der Waals surface area contributed by atoms with Crippen LogP contribution in [0.15, 0.2) is 0 Å². The van der Waals surface area contributed by atoms with Gasteiger partial charge >= 0.3 is 5.97 Å². The molecular weight excluding hydrogens is 264 g/mol. The third-order valence-electron chi connectivity index (χ3n) is 6.12. The minimum Gasteiger partial charge on any atom is -0.465 e. The molecule has 3 saturated heterocycles. The molecular formula is C17H31N2O2+. The summed E-state index contributed by atoms with van der Waals surface area (Å²) < 4.78 is 6.97. The second-order valence-electron chi connectivity index (χ2n) is 7.55. The van der Waals surface area contributed by atoms with Crippen molar-refractivity contribution in [3.05, 3.63) is 0 Å². The third kappa shape index (κ3) is 3.42. The Kier molecular flexibility index (Phi) is 4.85. The van der Waals surface area contributed by atoms with Gasteiger partial charge in [0, 0.05) is 12.3 Å². The lowest BCUT2D eigenvalue weighted by atomic mass is 9.82. The van der Waals surface area contributed by atoms with Crippen LogP contribution >= 0.6 is 0 Å². The van der Waals surface area contributed by atoms with Gasteiger partial charge < -0.3 is 14.5 Å². The molecule has 0 amide bonds. The number of nitrogens with zero attached hydrogens (tertiary/aromatic N) is 1. The number of rotatable bonds is 3. The van der Waals surface area contributed by atoms with Crippen LogP contribution in [-0.2, 0) is 9.53 Å². The van der Waals surface area contributed by atoms with Gasteiger partial charge in [-0.2, -0.15) is 0 Å². The van der Waals surface area contributed by atoms with Crippen molar-refractivity contribution in [1.29, 1.82) is 0 Å². The van der Waals surface area contributed by atoms with Gasteiger partial charge in [-0.25, -0.2) is 0 Å². The summed E-state index contributed by atoms with van der Waals surface area (Å²) >= 11 is 0. The summed E-state index contributed by atoms with van der Waals surface area (Å²) in [4.78, 5) is 12.2. The van der Waals surface area contributed by atoms with Crippen LogP contribution in [-0.4, -0.2) is 56.3 Å². The second-order valence-corrected chi connectivity index (χ2v) is 7.55. The zero-order chi connectivity index (χ0) is 14.7. The van der Waals surface area contributed by atoms with Gasteiger partial charge in [0.2, 0.25) is 0 Å². The maximum Gasteiger partial charge on any atom is 0.309 e. The maximum atomic E-state index is 12.2. The molecule has 0 unspecified atom stereocenters. The highest BCUT2D eigenvalue weighted by Gasteiger charge is 2.44. The van der Waals surface area contributed by atoms with Crippen LogP contribution in [0.2, 0.25) is 0 Å². The van der Waals surface area contributed by atoms with Crippen LogP contribution in [0.25, 0.3) is 0 Å². The SMILES string of the molecule is C[N@+]12CCCC[C@@H]1[C@@H](COC(=O)C1CCNCC1)CCC2. The number of esters is 1. The van der Waals surface area contributed by atoms with E-state index in [1.165, 1.54) is 49.7 Å². The van der Waals surface area contributed by atoms with Crippen molar-refractivity contribution < 1.29 is 14.0 Å². The van der Waals surface area contributed by atoms with Crippen molar-refractivity contribution >= 4 is 5.97 Å². The van der Waals surface area contributed by atoms with Gasteiger partial charge in [0.15, 0.2) is 0 Å². The van der Waals surface area contributed by atoms with Gasteiger partial charge in [0.05, 0.1) is 38.7 Å². The lowest BCUT2D eigenvalue weighted by Crippen LogP contribution is -2.61. The Bertz CT molecular complexity index is 364. The van der Waals surface area contributed by atoms with E-state index in [1.54, 1.807) is 0 Å². The molecule has 3 rings (SSSR count). The minimum atomic E-state index is 0.0621. The zero-order valence-electron chi connectivity index (χ0n) is 13.5. The first kappa shape index (κ1) is 15.3. The molecule has 3 aliphatic heterocycles. The zero-order valence-corrected chi connectivity index (χ0v) is 13.5. The van der Waals surface area contributed by atoms with Crippen molar-refractivity contribution in [2.75, 3.05) is 39.8 Å². The predicted molar refractivity (Wildman–Crippen MR) is 82.8 cm³/mol. The van der Waals surface area contributed by atoms with E-state index in [0.29, 0.717) is 12.5 Å². The van der Waals surface area contributed by atoms with E-state index in [-0.39, 0.29) is 11.9 Å². The van der Waals surface area contributed by atoms with E-state index >= 15 is 0 Å². The number of hydrogen-bond donors (Lipinski definition) is 1. The molecule has 0 bridgehead atoms. The molecule has 3 aliphatic rings. The number of carbonyl (C=O) groups is 1. The summed E-state index contributed by atoms with van der Waals surface area (Å²) in [6.45, 7) is 5.23. The lowest BCUT2D eigenvalue weighted by molar-refractivity contribution is -0.947. The first-order valence-electron chi connectivity index (χ1n) is 8.91. The van der Waals surface area contributed by atoms with Crippen LogP contribution < -0.4 is 5.32 Å². The Morgan fingerprint density at radius 1 is 1.10 bits per heavy atom. The molecule has 4 nitrogen and oxygen atoms in total. The molecule has 0 aliphatic carbocycles. The number of nitrogens with one attached hydrogen (secondary N) is 1. The minimum absolute atomic E-state index is 0.0621.